The van der Waals surface area contributed by atoms with Crippen LogP contribution in [0.3, 0.4) is 0 Å². The van der Waals surface area contributed by atoms with Gasteiger partial charge in [0.2, 0.25) is 0 Å². The lowest BCUT2D eigenvalue weighted by atomic mass is 9.83. The van der Waals surface area contributed by atoms with Gasteiger partial charge in [-0.25, -0.2) is 0 Å². The maximum absolute atomic E-state index is 10.2. The van der Waals surface area contributed by atoms with Crippen LogP contribution < -0.4 is 0 Å². The summed E-state index contributed by atoms with van der Waals surface area (Å²) in [5, 5.41) is 30.8. The summed E-state index contributed by atoms with van der Waals surface area (Å²) in [5.41, 5.74) is 9.36. The highest BCUT2D eigenvalue weighted by Gasteiger charge is 2.19. The molecule has 0 fully saturated rings. The number of rotatable bonds is 12. The molecule has 5 aromatic rings. The molecule has 0 spiro atoms. The first-order chi connectivity index (χ1) is 21.4. The Hall–Kier alpha value is -3.88. The number of hydrogen-bond acceptors (Lipinski definition) is 2. The van der Waals surface area contributed by atoms with Crippen LogP contribution in [0.1, 0.15) is 124 Å². The molecule has 0 atom stereocenters. The van der Waals surface area contributed by atoms with E-state index in [1.807, 2.05) is 0 Å². The minimum Gasteiger partial charge on any atom is -0.192 e. The standard InChI is InChI=1S/C42H48N2/c1-7-11-15-29-19-31(25-43)33(17-13-9-3)41-23-37-28(6)36-22-40-30(16-12-8-2)20-32(26-44)34(18-14-10-4)42(40)24-38(36)27(5)35(37)21-39(29)41/h19-24H,7-18H2,1-6H3. The molecule has 2 nitrogen and oxygen atoms in total. The third-order valence-electron chi connectivity index (χ3n) is 9.96. The molecule has 0 saturated heterocycles. The van der Waals surface area contributed by atoms with E-state index >= 15 is 0 Å². The Bertz CT molecular complexity index is 1800. The Morgan fingerprint density at radius 3 is 1.07 bits per heavy atom. The Morgan fingerprint density at radius 1 is 0.432 bits per heavy atom. The highest BCUT2D eigenvalue weighted by molar-refractivity contribution is 6.14. The van der Waals surface area contributed by atoms with Gasteiger partial charge in [-0.1, -0.05) is 53.4 Å². The van der Waals surface area contributed by atoms with E-state index in [0.29, 0.717) is 0 Å². The summed E-state index contributed by atoms with van der Waals surface area (Å²) in [6, 6.07) is 19.2. The molecule has 0 saturated carbocycles. The van der Waals surface area contributed by atoms with Crippen LogP contribution in [0.25, 0.3) is 43.1 Å². The van der Waals surface area contributed by atoms with Crippen molar-refractivity contribution in [2.75, 3.05) is 0 Å². The SMILES string of the molecule is CCCCc1cc(C#N)c(CCCC)c2cc3c(C)c4cc5c(CCCC)cc(C#N)c(CCCC)c5cc4c(C)c3cc12. The fourth-order valence-corrected chi connectivity index (χ4v) is 7.32. The topological polar surface area (TPSA) is 47.6 Å². The lowest BCUT2D eigenvalue weighted by molar-refractivity contribution is 0.791. The predicted octanol–water partition coefficient (Wildman–Crippen LogP) is 12.0. The number of nitrogens with zero attached hydrogens (tertiary/aromatic N) is 2. The van der Waals surface area contributed by atoms with Gasteiger partial charge in [-0.05, 0) is 178 Å². The molecule has 0 aliphatic rings. The number of nitriles is 2. The molecular weight excluding hydrogens is 532 g/mol. The molecule has 0 bridgehead atoms. The lowest BCUT2D eigenvalue weighted by Crippen LogP contribution is -2.00. The molecule has 0 aliphatic carbocycles. The number of aryl methyl sites for hydroxylation is 6. The number of fused-ring (bicyclic) bond motifs is 4. The maximum atomic E-state index is 10.2. The minimum atomic E-state index is 0.853. The summed E-state index contributed by atoms with van der Waals surface area (Å²) >= 11 is 0. The molecule has 2 heteroatoms. The molecule has 44 heavy (non-hydrogen) atoms. The molecular formula is C42H48N2. The monoisotopic (exact) mass is 580 g/mol. The van der Waals surface area contributed by atoms with E-state index in [2.05, 4.69) is 90.1 Å². The summed E-state index contributed by atoms with van der Waals surface area (Å²) in [6.07, 6.45) is 12.8. The third kappa shape index (κ3) is 5.69. The van der Waals surface area contributed by atoms with Crippen molar-refractivity contribution in [3.05, 3.63) is 80.9 Å². The number of benzene rings is 5. The van der Waals surface area contributed by atoms with Gasteiger partial charge in [-0.15, -0.1) is 0 Å². The van der Waals surface area contributed by atoms with Crippen molar-refractivity contribution in [3.8, 4) is 12.1 Å². The zero-order chi connectivity index (χ0) is 31.4. The predicted molar refractivity (Wildman–Crippen MR) is 190 cm³/mol. The van der Waals surface area contributed by atoms with Crippen LogP contribution in [0.2, 0.25) is 0 Å². The zero-order valence-electron chi connectivity index (χ0n) is 27.8. The van der Waals surface area contributed by atoms with Gasteiger partial charge in [-0.3, -0.25) is 0 Å². The second kappa shape index (κ2) is 13.8. The first kappa shape index (κ1) is 31.5. The smallest absolute Gasteiger partial charge is 0.0994 e. The van der Waals surface area contributed by atoms with Gasteiger partial charge in [0.1, 0.15) is 0 Å². The Labute approximate surface area is 264 Å². The highest BCUT2D eigenvalue weighted by Crippen LogP contribution is 2.41. The second-order valence-electron chi connectivity index (χ2n) is 12.9. The summed E-state index contributed by atoms with van der Waals surface area (Å²) < 4.78 is 0. The number of hydrogen-bond donors (Lipinski definition) is 0. The van der Waals surface area contributed by atoms with Crippen LogP contribution in [0.15, 0.2) is 36.4 Å². The van der Waals surface area contributed by atoms with Gasteiger partial charge in [0.25, 0.3) is 0 Å². The van der Waals surface area contributed by atoms with Crippen molar-refractivity contribution in [1.82, 2.24) is 0 Å². The van der Waals surface area contributed by atoms with E-state index in [1.165, 1.54) is 76.5 Å². The molecule has 0 unspecified atom stereocenters. The van der Waals surface area contributed by atoms with Crippen molar-refractivity contribution in [1.29, 1.82) is 10.5 Å². The molecule has 0 N–H and O–H groups in total. The van der Waals surface area contributed by atoms with E-state index in [0.717, 1.165) is 88.2 Å². The van der Waals surface area contributed by atoms with Gasteiger partial charge in [0, 0.05) is 0 Å². The van der Waals surface area contributed by atoms with Gasteiger partial charge >= 0.3 is 0 Å². The Morgan fingerprint density at radius 2 is 0.750 bits per heavy atom. The molecule has 5 aromatic carbocycles. The van der Waals surface area contributed by atoms with Gasteiger partial charge in [0.05, 0.1) is 23.3 Å². The second-order valence-corrected chi connectivity index (χ2v) is 12.9. The van der Waals surface area contributed by atoms with E-state index < -0.39 is 0 Å². The maximum Gasteiger partial charge on any atom is 0.0994 e. The summed E-state index contributed by atoms with van der Waals surface area (Å²) in [4.78, 5) is 0. The molecule has 5 rings (SSSR count). The minimum absolute atomic E-state index is 0.853. The third-order valence-corrected chi connectivity index (χ3v) is 9.96. The number of unbranched alkanes of at least 4 members (excludes halogenated alkanes) is 4. The molecule has 0 aromatic heterocycles. The van der Waals surface area contributed by atoms with E-state index in [4.69, 9.17) is 0 Å². The average molecular weight is 581 g/mol. The van der Waals surface area contributed by atoms with Gasteiger partial charge in [0.15, 0.2) is 0 Å². The molecule has 226 valence electrons. The average Bonchev–Trinajstić information content (AvgIpc) is 3.05. The quantitative estimate of drug-likeness (QED) is 0.138. The highest BCUT2D eigenvalue weighted by atomic mass is 14.3. The lowest BCUT2D eigenvalue weighted by Gasteiger charge is -2.20. The van der Waals surface area contributed by atoms with Gasteiger partial charge in [-0.2, -0.15) is 10.5 Å². The molecule has 0 radical (unpaired) electrons. The van der Waals surface area contributed by atoms with Crippen molar-refractivity contribution in [3.63, 3.8) is 0 Å². The molecule has 0 amide bonds. The first-order valence-corrected chi connectivity index (χ1v) is 17.2. The zero-order valence-corrected chi connectivity index (χ0v) is 27.8. The van der Waals surface area contributed by atoms with Crippen LogP contribution in [0.5, 0.6) is 0 Å². The Kier molecular flexibility index (Phi) is 9.91. The first-order valence-electron chi connectivity index (χ1n) is 17.2. The van der Waals surface area contributed by atoms with Crippen LogP contribution in [-0.2, 0) is 25.7 Å². The largest absolute Gasteiger partial charge is 0.192 e. The molecule has 0 heterocycles. The van der Waals surface area contributed by atoms with Crippen LogP contribution in [-0.4, -0.2) is 0 Å². The van der Waals surface area contributed by atoms with Crippen molar-refractivity contribution >= 4 is 43.1 Å². The summed E-state index contributed by atoms with van der Waals surface area (Å²) in [6.45, 7) is 13.5. The Balaban J connectivity index is 1.91. The van der Waals surface area contributed by atoms with E-state index in [1.54, 1.807) is 0 Å². The molecule has 0 aliphatic heterocycles. The van der Waals surface area contributed by atoms with E-state index in [-0.39, 0.29) is 0 Å². The normalized spacial score (nSPS) is 11.5. The van der Waals surface area contributed by atoms with Crippen molar-refractivity contribution in [2.45, 2.75) is 119 Å². The van der Waals surface area contributed by atoms with Gasteiger partial charge < -0.3 is 0 Å². The van der Waals surface area contributed by atoms with Crippen LogP contribution in [0, 0.1) is 36.5 Å². The van der Waals surface area contributed by atoms with Crippen molar-refractivity contribution < 1.29 is 0 Å². The summed E-state index contributed by atoms with van der Waals surface area (Å²) in [5.74, 6) is 0. The fraction of sp³-hybridized carbons (Fsp3) is 0.429. The fourth-order valence-electron chi connectivity index (χ4n) is 7.32. The van der Waals surface area contributed by atoms with Crippen LogP contribution in [0.4, 0.5) is 0 Å². The van der Waals surface area contributed by atoms with Crippen LogP contribution >= 0.6 is 0 Å². The van der Waals surface area contributed by atoms with E-state index in [9.17, 15) is 10.5 Å². The summed E-state index contributed by atoms with van der Waals surface area (Å²) in [7, 11) is 0. The van der Waals surface area contributed by atoms with Crippen molar-refractivity contribution in [2.24, 2.45) is 0 Å².